The highest BCUT2D eigenvalue weighted by atomic mass is 16.3. The molecule has 0 unspecified atom stereocenters. The maximum atomic E-state index is 7.32. The van der Waals surface area contributed by atoms with Crippen LogP contribution in [0.1, 0.15) is 6.92 Å². The van der Waals surface area contributed by atoms with Crippen molar-refractivity contribution in [3.8, 4) is 28.5 Å². The minimum atomic E-state index is 0.940. The Labute approximate surface area is 106 Å². The van der Waals surface area contributed by atoms with Gasteiger partial charge in [-0.05, 0) is 17.7 Å². The van der Waals surface area contributed by atoms with Crippen LogP contribution in [-0.2, 0) is 0 Å². The second-order valence-electron chi connectivity index (χ2n) is 3.77. The lowest BCUT2D eigenvalue weighted by Gasteiger charge is -2.03. The Bertz CT molecular complexity index is 619. The molecule has 0 saturated carbocycles. The number of hydrogen-bond donors (Lipinski definition) is 0. The van der Waals surface area contributed by atoms with Gasteiger partial charge in [0.05, 0.1) is 12.3 Å². The van der Waals surface area contributed by atoms with Crippen molar-refractivity contribution in [2.45, 2.75) is 6.92 Å². The fourth-order valence-corrected chi connectivity index (χ4v) is 1.75. The zero-order valence-corrected chi connectivity index (χ0v) is 10.1. The SMILES string of the molecule is CC#N.c1ccc(-c2coc3cccc-3c2)cc1. The molecule has 2 aliphatic rings. The van der Waals surface area contributed by atoms with E-state index in [4.69, 9.17) is 9.68 Å². The molecule has 0 amide bonds. The van der Waals surface area contributed by atoms with Gasteiger partial charge in [0, 0.05) is 18.1 Å². The minimum absolute atomic E-state index is 0.940. The molecule has 18 heavy (non-hydrogen) atoms. The molecule has 1 aromatic rings. The van der Waals surface area contributed by atoms with Crippen LogP contribution in [0, 0.1) is 11.3 Å². The van der Waals surface area contributed by atoms with Gasteiger partial charge in [-0.25, -0.2) is 0 Å². The van der Waals surface area contributed by atoms with Crippen molar-refractivity contribution < 1.29 is 4.42 Å². The van der Waals surface area contributed by atoms with Crippen LogP contribution in [0.2, 0.25) is 0 Å². The Kier molecular flexibility index (Phi) is 3.78. The molecule has 0 aromatic heterocycles. The Hall–Kier alpha value is -2.53. The van der Waals surface area contributed by atoms with E-state index in [2.05, 4.69) is 24.3 Å². The third kappa shape index (κ3) is 2.58. The molecular formula is C16H13NO. The first-order chi connectivity index (χ1) is 8.85. The molecule has 0 N–H and O–H groups in total. The summed E-state index contributed by atoms with van der Waals surface area (Å²) in [7, 11) is 0. The van der Waals surface area contributed by atoms with Crippen LogP contribution in [0.5, 0.6) is 0 Å². The molecule has 2 nitrogen and oxygen atoms in total. The molecular weight excluding hydrogens is 222 g/mol. The van der Waals surface area contributed by atoms with E-state index in [0.29, 0.717) is 0 Å². The molecule has 0 bridgehead atoms. The number of benzene rings is 1. The summed E-state index contributed by atoms with van der Waals surface area (Å²) < 4.78 is 5.54. The second kappa shape index (κ2) is 5.70. The number of nitriles is 1. The Morgan fingerprint density at radius 1 is 0.889 bits per heavy atom. The summed E-state index contributed by atoms with van der Waals surface area (Å²) in [5.41, 5.74) is 3.45. The van der Waals surface area contributed by atoms with Gasteiger partial charge >= 0.3 is 0 Å². The van der Waals surface area contributed by atoms with E-state index < -0.39 is 0 Å². The normalized spacial score (nSPS) is 9.33. The standard InChI is InChI=1S/C14H10O.C2H3N/c1-2-5-11(6-3-1)13-9-12-7-4-8-14(12)15-10-13;1-2-3/h1-10H;1H3. The summed E-state index contributed by atoms with van der Waals surface area (Å²) in [6, 6.07) is 20.2. The molecule has 1 aliphatic heterocycles. The van der Waals surface area contributed by atoms with E-state index in [1.807, 2.05) is 30.3 Å². The first-order valence-electron chi connectivity index (χ1n) is 5.68. The summed E-state index contributed by atoms with van der Waals surface area (Å²) in [4.78, 5) is 0. The molecule has 2 heteroatoms. The summed E-state index contributed by atoms with van der Waals surface area (Å²) in [6.45, 7) is 1.43. The van der Waals surface area contributed by atoms with Crippen LogP contribution >= 0.6 is 0 Å². The van der Waals surface area contributed by atoms with Crippen molar-refractivity contribution in [1.29, 1.82) is 5.26 Å². The van der Waals surface area contributed by atoms with Gasteiger partial charge in [-0.3, -0.25) is 0 Å². The van der Waals surface area contributed by atoms with Gasteiger partial charge < -0.3 is 4.42 Å². The highest BCUT2D eigenvalue weighted by Gasteiger charge is 2.05. The number of hydrogen-bond acceptors (Lipinski definition) is 2. The molecule has 1 aromatic carbocycles. The van der Waals surface area contributed by atoms with Gasteiger partial charge in [0.25, 0.3) is 0 Å². The van der Waals surface area contributed by atoms with Crippen molar-refractivity contribution >= 4 is 0 Å². The van der Waals surface area contributed by atoms with E-state index in [1.165, 1.54) is 12.5 Å². The topological polar surface area (TPSA) is 36.9 Å². The summed E-state index contributed by atoms with van der Waals surface area (Å²) >= 11 is 0. The quantitative estimate of drug-likeness (QED) is 0.619. The summed E-state index contributed by atoms with van der Waals surface area (Å²) in [6.07, 6.45) is 1.80. The van der Waals surface area contributed by atoms with Gasteiger partial charge in [-0.1, -0.05) is 42.5 Å². The minimum Gasteiger partial charge on any atom is -0.464 e. The van der Waals surface area contributed by atoms with Crippen molar-refractivity contribution in [2.24, 2.45) is 0 Å². The van der Waals surface area contributed by atoms with Gasteiger partial charge in [0.1, 0.15) is 5.76 Å². The predicted molar refractivity (Wildman–Crippen MR) is 72.1 cm³/mol. The van der Waals surface area contributed by atoms with Crippen LogP contribution in [0.15, 0.2) is 65.3 Å². The molecule has 0 atom stereocenters. The largest absolute Gasteiger partial charge is 0.464 e. The van der Waals surface area contributed by atoms with E-state index in [9.17, 15) is 0 Å². The highest BCUT2D eigenvalue weighted by molar-refractivity contribution is 5.70. The lowest BCUT2D eigenvalue weighted by Crippen LogP contribution is -1.79. The van der Waals surface area contributed by atoms with Gasteiger partial charge in [-0.15, -0.1) is 0 Å². The Morgan fingerprint density at radius 2 is 1.56 bits per heavy atom. The lowest BCUT2D eigenvalue weighted by atomic mass is 10.1. The van der Waals surface area contributed by atoms with Crippen LogP contribution in [0.4, 0.5) is 0 Å². The van der Waals surface area contributed by atoms with Crippen LogP contribution in [-0.4, -0.2) is 0 Å². The van der Waals surface area contributed by atoms with Gasteiger partial charge in [0.2, 0.25) is 0 Å². The van der Waals surface area contributed by atoms with Crippen LogP contribution in [0.3, 0.4) is 0 Å². The van der Waals surface area contributed by atoms with Crippen molar-refractivity contribution in [3.05, 3.63) is 60.9 Å². The van der Waals surface area contributed by atoms with Crippen LogP contribution < -0.4 is 0 Å². The number of nitrogens with zero attached hydrogens (tertiary/aromatic N) is 1. The lowest BCUT2D eigenvalue weighted by molar-refractivity contribution is 0.569. The Balaban J connectivity index is 0.000000367. The third-order valence-electron chi connectivity index (χ3n) is 2.54. The van der Waals surface area contributed by atoms with E-state index >= 15 is 0 Å². The highest BCUT2D eigenvalue weighted by Crippen LogP contribution is 2.28. The van der Waals surface area contributed by atoms with Crippen molar-refractivity contribution in [2.75, 3.05) is 0 Å². The fourth-order valence-electron chi connectivity index (χ4n) is 1.75. The summed E-state index contributed by atoms with van der Waals surface area (Å²) in [5, 5.41) is 7.32. The maximum Gasteiger partial charge on any atom is 0.133 e. The Morgan fingerprint density at radius 3 is 2.28 bits per heavy atom. The monoisotopic (exact) mass is 235 g/mol. The average molecular weight is 235 g/mol. The smallest absolute Gasteiger partial charge is 0.133 e. The molecule has 0 fully saturated rings. The van der Waals surface area contributed by atoms with Crippen molar-refractivity contribution in [3.63, 3.8) is 0 Å². The van der Waals surface area contributed by atoms with Gasteiger partial charge in [-0.2, -0.15) is 5.26 Å². The zero-order valence-electron chi connectivity index (χ0n) is 10.1. The van der Waals surface area contributed by atoms with Crippen molar-refractivity contribution in [1.82, 2.24) is 0 Å². The summed E-state index contributed by atoms with van der Waals surface area (Å²) in [5.74, 6) is 0.940. The third-order valence-corrected chi connectivity index (χ3v) is 2.54. The fraction of sp³-hybridized carbons (Fsp3) is 0.0625. The molecule has 0 radical (unpaired) electrons. The number of fused-ring (bicyclic) bond motifs is 1. The van der Waals surface area contributed by atoms with Crippen LogP contribution in [0.25, 0.3) is 22.5 Å². The zero-order chi connectivity index (χ0) is 12.8. The molecule has 0 spiro atoms. The molecule has 1 aliphatic carbocycles. The van der Waals surface area contributed by atoms with E-state index in [0.717, 1.165) is 16.9 Å². The number of rotatable bonds is 1. The second-order valence-corrected chi connectivity index (χ2v) is 3.77. The van der Waals surface area contributed by atoms with E-state index in [1.54, 1.807) is 12.3 Å². The van der Waals surface area contributed by atoms with E-state index in [-0.39, 0.29) is 0 Å². The van der Waals surface area contributed by atoms with Gasteiger partial charge in [0.15, 0.2) is 0 Å². The molecule has 1 heterocycles. The predicted octanol–water partition coefficient (Wildman–Crippen LogP) is 4.58. The maximum absolute atomic E-state index is 7.32. The first-order valence-corrected chi connectivity index (χ1v) is 5.68. The molecule has 0 saturated heterocycles. The molecule has 88 valence electrons. The molecule has 3 rings (SSSR count). The average Bonchev–Trinajstić information content (AvgIpc) is 2.88. The first kappa shape index (κ1) is 11.9.